The van der Waals surface area contributed by atoms with Gasteiger partial charge in [0, 0.05) is 72.8 Å². The smallest absolute Gasteiger partial charge is 0.305 e. The second-order valence-corrected chi connectivity index (χ2v) is 25.7. The SMILES string of the molecule is CCCC[C@H]1C(=O)N(C)CC(=O)N[C@@H](CC(N)=O)C(=O)N[C@@H](C(C)C)C(=O)N(C)[C@@H](Cc2ccccc2)C(=O)N[C@@H](CC(=O)O)C(=O)N(C)CC(=O)NCC(=O)N[C@@H](Cc2ccc(CN)cc2)C(=O)NCC(=O)N[C@H](C)CSCC(=O)N[C@@H](Cc2ccccc2)C(=O)N(C)CC(=O)N1C. The first kappa shape index (κ1) is 81.4. The maximum absolute atomic E-state index is 14.7. The fourth-order valence-corrected chi connectivity index (χ4v) is 11.3. The van der Waals surface area contributed by atoms with Crippen molar-refractivity contribution in [1.82, 2.24) is 67.0 Å². The van der Waals surface area contributed by atoms with E-state index in [9.17, 15) is 77.0 Å². The average molecular weight is 1400 g/mol. The minimum Gasteiger partial charge on any atom is -0.481 e. The van der Waals surface area contributed by atoms with Gasteiger partial charge in [0.25, 0.3) is 0 Å². The number of hydrogen-bond acceptors (Lipinski definition) is 17. The van der Waals surface area contributed by atoms with Crippen LogP contribution in [0.15, 0.2) is 84.9 Å². The zero-order chi connectivity index (χ0) is 73.6. The third kappa shape index (κ3) is 27.5. The number of unbranched alkanes of at least 4 members (excludes halogenated alkanes) is 1. The first-order valence-corrected chi connectivity index (χ1v) is 33.5. The lowest BCUT2D eigenvalue weighted by Crippen LogP contribution is -2.61. The molecular weight excluding hydrogens is 1300 g/mol. The predicted molar refractivity (Wildman–Crippen MR) is 365 cm³/mol. The minimum atomic E-state index is -1.86. The van der Waals surface area contributed by atoms with E-state index in [4.69, 9.17) is 11.5 Å². The van der Waals surface area contributed by atoms with Gasteiger partial charge in [0.2, 0.25) is 82.7 Å². The largest absolute Gasteiger partial charge is 0.481 e. The molecule has 540 valence electrons. The topological polar surface area (TPSA) is 441 Å². The molecule has 1 heterocycles. The van der Waals surface area contributed by atoms with Crippen molar-refractivity contribution in [2.75, 3.05) is 79.5 Å². The molecule has 0 aromatic heterocycles. The highest BCUT2D eigenvalue weighted by Crippen LogP contribution is 2.18. The van der Waals surface area contributed by atoms with Gasteiger partial charge in [-0.1, -0.05) is 119 Å². The summed E-state index contributed by atoms with van der Waals surface area (Å²) in [7, 11) is 6.36. The quantitative estimate of drug-likeness (QED) is 0.0738. The van der Waals surface area contributed by atoms with Gasteiger partial charge in [-0.2, -0.15) is 0 Å². The van der Waals surface area contributed by atoms with Gasteiger partial charge in [0.15, 0.2) is 0 Å². The van der Waals surface area contributed by atoms with Crippen LogP contribution in [0.4, 0.5) is 0 Å². The molecule has 3 aromatic carbocycles. The summed E-state index contributed by atoms with van der Waals surface area (Å²) in [6.07, 6.45) is -0.947. The number of nitrogens with one attached hydrogen (secondary N) is 8. The summed E-state index contributed by atoms with van der Waals surface area (Å²) in [5.74, 6) is -14.2. The summed E-state index contributed by atoms with van der Waals surface area (Å²) in [5.41, 5.74) is 13.9. The Morgan fingerprint density at radius 2 is 1.04 bits per heavy atom. The van der Waals surface area contributed by atoms with E-state index in [0.717, 1.165) is 48.9 Å². The molecule has 1 saturated heterocycles. The predicted octanol–water partition coefficient (Wildman–Crippen LogP) is -2.69. The number of hydrogen-bond donors (Lipinski definition) is 11. The third-order valence-electron chi connectivity index (χ3n) is 16.1. The number of nitrogens with two attached hydrogens (primary N) is 2. The summed E-state index contributed by atoms with van der Waals surface area (Å²) in [4.78, 5) is 211. The van der Waals surface area contributed by atoms with Crippen molar-refractivity contribution in [3.63, 3.8) is 0 Å². The zero-order valence-electron chi connectivity index (χ0n) is 57.5. The van der Waals surface area contributed by atoms with Gasteiger partial charge in [-0.05, 0) is 41.5 Å². The van der Waals surface area contributed by atoms with E-state index in [2.05, 4.69) is 42.5 Å². The number of nitrogens with zero attached hydrogens (tertiary/aromatic N) is 5. The number of primary amides is 1. The van der Waals surface area contributed by atoms with Crippen molar-refractivity contribution >= 4 is 100 Å². The molecule has 0 radical (unpaired) electrons. The Morgan fingerprint density at radius 1 is 0.525 bits per heavy atom. The van der Waals surface area contributed by atoms with Crippen molar-refractivity contribution in [1.29, 1.82) is 0 Å². The molecule has 13 N–H and O–H groups in total. The summed E-state index contributed by atoms with van der Waals surface area (Å²) in [6.45, 7) is 3.51. The monoisotopic (exact) mass is 1400 g/mol. The Hall–Kier alpha value is -9.98. The summed E-state index contributed by atoms with van der Waals surface area (Å²) in [6, 6.07) is 13.0. The lowest BCUT2D eigenvalue weighted by atomic mass is 9.98. The van der Waals surface area contributed by atoms with Crippen LogP contribution in [0.2, 0.25) is 0 Å². The molecule has 1 fully saturated rings. The molecule has 32 heteroatoms. The molecule has 4 rings (SSSR count). The van der Waals surface area contributed by atoms with Crippen molar-refractivity contribution in [3.05, 3.63) is 107 Å². The van der Waals surface area contributed by atoms with Crippen LogP contribution in [0.1, 0.15) is 82.1 Å². The molecule has 1 aliphatic heterocycles. The molecule has 3 aromatic rings. The van der Waals surface area contributed by atoms with E-state index in [0.29, 0.717) is 29.5 Å². The van der Waals surface area contributed by atoms with E-state index in [1.165, 1.54) is 28.2 Å². The van der Waals surface area contributed by atoms with Crippen LogP contribution in [0.5, 0.6) is 0 Å². The van der Waals surface area contributed by atoms with Gasteiger partial charge in [0.05, 0.1) is 51.3 Å². The van der Waals surface area contributed by atoms with E-state index in [1.807, 2.05) is 6.92 Å². The van der Waals surface area contributed by atoms with Crippen molar-refractivity contribution in [2.24, 2.45) is 17.4 Å². The van der Waals surface area contributed by atoms with Crippen LogP contribution in [-0.2, 0) is 97.7 Å². The van der Waals surface area contributed by atoms with E-state index in [-0.39, 0.29) is 43.7 Å². The second-order valence-electron chi connectivity index (χ2n) is 24.7. The number of likely N-dealkylation sites (N-methyl/N-ethyl adjacent to an activating group) is 5. The van der Waals surface area contributed by atoms with Crippen LogP contribution < -0.4 is 54.0 Å². The molecule has 14 amide bonds. The lowest BCUT2D eigenvalue weighted by molar-refractivity contribution is -0.148. The van der Waals surface area contributed by atoms with Gasteiger partial charge >= 0.3 is 5.97 Å². The number of benzene rings is 3. The number of carbonyl (C=O) groups excluding carboxylic acids is 14. The molecule has 8 atom stereocenters. The van der Waals surface area contributed by atoms with Gasteiger partial charge in [0.1, 0.15) is 42.3 Å². The third-order valence-corrected chi connectivity index (χ3v) is 17.3. The maximum atomic E-state index is 14.7. The van der Waals surface area contributed by atoms with E-state index in [1.54, 1.807) is 106 Å². The number of carboxylic acids is 1. The van der Waals surface area contributed by atoms with Gasteiger partial charge < -0.3 is 83.6 Å². The first-order chi connectivity index (χ1) is 46.8. The summed E-state index contributed by atoms with van der Waals surface area (Å²) >= 11 is 1.13. The molecule has 0 saturated carbocycles. The molecule has 0 spiro atoms. The maximum Gasteiger partial charge on any atom is 0.305 e. The minimum absolute atomic E-state index is 0.0281. The van der Waals surface area contributed by atoms with Crippen molar-refractivity contribution < 1.29 is 77.0 Å². The number of carboxylic acid groups (broad SMARTS) is 1. The number of amides is 14. The first-order valence-electron chi connectivity index (χ1n) is 32.4. The van der Waals surface area contributed by atoms with Crippen molar-refractivity contribution in [2.45, 2.75) is 134 Å². The highest BCUT2D eigenvalue weighted by Gasteiger charge is 2.39. The zero-order valence-corrected chi connectivity index (χ0v) is 58.3. The van der Waals surface area contributed by atoms with Crippen LogP contribution in [-0.4, -0.2) is 246 Å². The summed E-state index contributed by atoms with van der Waals surface area (Å²) in [5, 5.41) is 30.3. The summed E-state index contributed by atoms with van der Waals surface area (Å²) < 4.78 is 0. The molecule has 31 nitrogen and oxygen atoms in total. The normalized spacial score (nSPS) is 22.7. The Labute approximate surface area is 580 Å². The fraction of sp³-hybridized carbons (Fsp3) is 0.507. The Kier molecular flexibility index (Phi) is 33.5. The fourth-order valence-electron chi connectivity index (χ4n) is 10.5. The Morgan fingerprint density at radius 3 is 1.63 bits per heavy atom. The van der Waals surface area contributed by atoms with E-state index < -0.39 is 188 Å². The highest BCUT2D eigenvalue weighted by atomic mass is 32.2. The van der Waals surface area contributed by atoms with Gasteiger partial charge in [-0.15, -0.1) is 11.8 Å². The van der Waals surface area contributed by atoms with Gasteiger partial charge in [-0.3, -0.25) is 71.9 Å². The standard InChI is InChI=1S/C67H95N15O16S/c1-10-11-22-50-66(97)79(6)36-56(87)74-47(30-52(69)83)62(93)77-60(40(2)3)67(98)82(9)51(29-43-20-16-13-17-21-43)63(94)76-49(31-59(90)91)65(96)78(5)35-55(86)70-33-54(85)73-46(27-44-23-25-45(32-68)26-24-44)61(92)71-34-53(84)72-41(4)38-99-39-57(88)75-48(28-42-18-14-12-15-19-42)64(95)80(7)37-58(89)81(50)8/h12-21,23-26,40-41,46-51,60H,10-11,22,27-39,68H2,1-9H3,(H2,69,83)(H,70,86)(H,71,92)(H,72,84)(H,73,85)(H,74,87)(H,75,88)(H,76,94)(H,77,93)(H,90,91)/t41-,46+,47+,48+,49+,50+,51+,60+/m1/s1. The van der Waals surface area contributed by atoms with Crippen LogP contribution in [0.25, 0.3) is 0 Å². The number of carbonyl (C=O) groups is 15. The van der Waals surface area contributed by atoms with Crippen LogP contribution >= 0.6 is 11.8 Å². The number of thioether (sulfide) groups is 1. The molecule has 0 bridgehead atoms. The highest BCUT2D eigenvalue weighted by molar-refractivity contribution is 8.00. The van der Waals surface area contributed by atoms with Crippen LogP contribution in [0.3, 0.4) is 0 Å². The lowest BCUT2D eigenvalue weighted by Gasteiger charge is -2.34. The van der Waals surface area contributed by atoms with E-state index >= 15 is 0 Å². The van der Waals surface area contributed by atoms with Gasteiger partial charge in [-0.25, -0.2) is 0 Å². The molecular formula is C67H95N15O16S. The van der Waals surface area contributed by atoms with Crippen LogP contribution in [0, 0.1) is 5.92 Å². The Bertz CT molecular complexity index is 3330. The number of aliphatic carboxylic acids is 1. The average Bonchev–Trinajstić information content (AvgIpc) is 0.830. The molecule has 0 unspecified atom stereocenters. The molecule has 99 heavy (non-hydrogen) atoms. The Balaban J connectivity index is 1.71. The molecule has 0 aliphatic carbocycles. The second kappa shape index (κ2) is 40.7. The molecule has 1 aliphatic rings. The number of rotatable bonds is 15. The van der Waals surface area contributed by atoms with Crippen molar-refractivity contribution in [3.8, 4) is 0 Å².